The zero-order valence-corrected chi connectivity index (χ0v) is 12.0. The summed E-state index contributed by atoms with van der Waals surface area (Å²) in [4.78, 5) is 0. The van der Waals surface area contributed by atoms with Crippen LogP contribution in [0.5, 0.6) is 5.75 Å². The molecule has 0 aliphatic heterocycles. The van der Waals surface area contributed by atoms with Gasteiger partial charge in [-0.05, 0) is 43.4 Å². The smallest absolute Gasteiger partial charge is 0.119 e. The van der Waals surface area contributed by atoms with Gasteiger partial charge in [0.05, 0.1) is 0 Å². The van der Waals surface area contributed by atoms with Crippen molar-refractivity contribution in [2.45, 2.75) is 39.0 Å². The minimum atomic E-state index is 0.656. The van der Waals surface area contributed by atoms with Gasteiger partial charge in [0.2, 0.25) is 0 Å². The van der Waals surface area contributed by atoms with Crippen LogP contribution in [0.2, 0.25) is 0 Å². The quantitative estimate of drug-likeness (QED) is 0.557. The lowest BCUT2D eigenvalue weighted by atomic mass is 10.1. The lowest BCUT2D eigenvalue weighted by Gasteiger charge is -2.04. The molecule has 1 rings (SSSR count). The summed E-state index contributed by atoms with van der Waals surface area (Å²) in [5, 5.41) is 0. The average Bonchev–Trinajstić information content (AvgIpc) is 2.45. The third-order valence-electron chi connectivity index (χ3n) is 2.78. The van der Waals surface area contributed by atoms with Gasteiger partial charge in [0, 0.05) is 0 Å². The Hall–Kier alpha value is -1.50. The van der Waals surface area contributed by atoms with Crippen molar-refractivity contribution in [2.24, 2.45) is 0 Å². The first-order chi connectivity index (χ1) is 9.36. The minimum absolute atomic E-state index is 0.656. The number of allylic oxidation sites excluding steroid dienone is 3. The van der Waals surface area contributed by atoms with Crippen molar-refractivity contribution in [3.8, 4) is 5.75 Å². The van der Waals surface area contributed by atoms with Gasteiger partial charge in [0.1, 0.15) is 12.4 Å². The van der Waals surface area contributed by atoms with E-state index < -0.39 is 0 Å². The molecular formula is C18H25O. The first-order valence-corrected chi connectivity index (χ1v) is 7.17. The largest absolute Gasteiger partial charge is 0.490 e. The maximum atomic E-state index is 5.64. The molecular weight excluding hydrogens is 232 g/mol. The van der Waals surface area contributed by atoms with E-state index in [1.165, 1.54) is 12.0 Å². The fourth-order valence-electron chi connectivity index (χ4n) is 1.67. The van der Waals surface area contributed by atoms with Crippen LogP contribution in [-0.4, -0.2) is 6.61 Å². The highest BCUT2D eigenvalue weighted by Gasteiger charge is 1.93. The fourth-order valence-corrected chi connectivity index (χ4v) is 1.67. The Bertz CT molecular complexity index is 373. The molecule has 0 saturated carbocycles. The van der Waals surface area contributed by atoms with Gasteiger partial charge in [-0.1, -0.05) is 56.7 Å². The molecule has 0 aromatic heterocycles. The van der Waals surface area contributed by atoms with Gasteiger partial charge >= 0.3 is 0 Å². The van der Waals surface area contributed by atoms with E-state index in [4.69, 9.17) is 4.74 Å². The molecule has 0 heterocycles. The fraction of sp³-hybridized carbons (Fsp3) is 0.389. The van der Waals surface area contributed by atoms with E-state index in [2.05, 4.69) is 50.3 Å². The molecule has 1 aromatic rings. The molecule has 1 heteroatoms. The van der Waals surface area contributed by atoms with E-state index in [0.29, 0.717) is 6.61 Å². The number of ether oxygens (including phenoxy) is 1. The Morgan fingerprint density at radius 3 is 2.42 bits per heavy atom. The van der Waals surface area contributed by atoms with Crippen LogP contribution in [-0.2, 0) is 6.42 Å². The lowest BCUT2D eigenvalue weighted by Crippen LogP contribution is -1.93. The molecule has 1 aromatic carbocycles. The number of hydrogen-bond donors (Lipinski definition) is 0. The summed E-state index contributed by atoms with van der Waals surface area (Å²) in [6.45, 7) is 6.65. The monoisotopic (exact) mass is 257 g/mol. The van der Waals surface area contributed by atoms with Crippen LogP contribution in [0.25, 0.3) is 0 Å². The Balaban J connectivity index is 2.31. The van der Waals surface area contributed by atoms with Crippen LogP contribution in [0, 0.1) is 6.92 Å². The van der Waals surface area contributed by atoms with E-state index >= 15 is 0 Å². The molecule has 0 bridgehead atoms. The second kappa shape index (κ2) is 10.4. The van der Waals surface area contributed by atoms with Crippen LogP contribution in [0.4, 0.5) is 0 Å². The highest BCUT2D eigenvalue weighted by Crippen LogP contribution is 2.13. The van der Waals surface area contributed by atoms with Crippen LogP contribution in [0.3, 0.4) is 0 Å². The summed E-state index contributed by atoms with van der Waals surface area (Å²) in [6, 6.07) is 8.33. The number of benzene rings is 1. The number of unbranched alkanes of at least 4 members (excludes halogenated alkanes) is 2. The van der Waals surface area contributed by atoms with Crippen molar-refractivity contribution >= 4 is 0 Å². The average molecular weight is 257 g/mol. The zero-order valence-electron chi connectivity index (χ0n) is 12.0. The molecule has 0 saturated heterocycles. The second-order valence-corrected chi connectivity index (χ2v) is 4.53. The highest BCUT2D eigenvalue weighted by atomic mass is 16.5. The van der Waals surface area contributed by atoms with Gasteiger partial charge in [0.25, 0.3) is 0 Å². The molecule has 103 valence electrons. The molecule has 0 unspecified atom stereocenters. The predicted molar refractivity (Wildman–Crippen MR) is 83.4 cm³/mol. The molecule has 0 amide bonds. The summed E-state index contributed by atoms with van der Waals surface area (Å²) in [7, 11) is 0. The third kappa shape index (κ3) is 7.50. The SMILES string of the molecule is [CH2]CCC=CCc1ccc(OCC=CCCC)cc1. The molecule has 0 aliphatic rings. The summed E-state index contributed by atoms with van der Waals surface area (Å²) in [5.41, 5.74) is 1.31. The van der Waals surface area contributed by atoms with Crippen molar-refractivity contribution in [2.75, 3.05) is 6.61 Å². The molecule has 0 N–H and O–H groups in total. The van der Waals surface area contributed by atoms with E-state index in [9.17, 15) is 0 Å². The van der Waals surface area contributed by atoms with Crippen molar-refractivity contribution in [1.29, 1.82) is 0 Å². The van der Waals surface area contributed by atoms with Crippen molar-refractivity contribution in [1.82, 2.24) is 0 Å². The Morgan fingerprint density at radius 1 is 1.00 bits per heavy atom. The normalized spacial score (nSPS) is 11.5. The van der Waals surface area contributed by atoms with Gasteiger partial charge in [-0.25, -0.2) is 0 Å². The molecule has 0 spiro atoms. The number of rotatable bonds is 9. The molecule has 1 nitrogen and oxygen atoms in total. The standard InChI is InChI=1S/C18H25O/c1-3-5-7-9-11-17-12-14-18(15-13-17)19-16-10-8-6-4-2/h7-10,12-15H,1,3-6,11,16H2,2H3. The lowest BCUT2D eigenvalue weighted by molar-refractivity contribution is 0.362. The highest BCUT2D eigenvalue weighted by molar-refractivity contribution is 5.28. The van der Waals surface area contributed by atoms with Gasteiger partial charge in [0.15, 0.2) is 0 Å². The maximum Gasteiger partial charge on any atom is 0.119 e. The molecule has 19 heavy (non-hydrogen) atoms. The molecule has 0 aliphatic carbocycles. The van der Waals surface area contributed by atoms with Crippen LogP contribution in [0.1, 0.15) is 38.2 Å². The van der Waals surface area contributed by atoms with Gasteiger partial charge in [-0.3, -0.25) is 0 Å². The second-order valence-electron chi connectivity index (χ2n) is 4.53. The summed E-state index contributed by atoms with van der Waals surface area (Å²) >= 11 is 0. The van der Waals surface area contributed by atoms with Gasteiger partial charge in [-0.2, -0.15) is 0 Å². The molecule has 0 atom stereocenters. The zero-order chi connectivity index (χ0) is 13.8. The van der Waals surface area contributed by atoms with Gasteiger partial charge < -0.3 is 4.74 Å². The number of hydrogen-bond acceptors (Lipinski definition) is 1. The Labute approximate surface area is 118 Å². The van der Waals surface area contributed by atoms with Crippen molar-refractivity contribution in [3.05, 3.63) is 61.1 Å². The van der Waals surface area contributed by atoms with E-state index in [-0.39, 0.29) is 0 Å². The summed E-state index contributed by atoms with van der Waals surface area (Å²) in [5.74, 6) is 0.937. The first-order valence-electron chi connectivity index (χ1n) is 7.17. The predicted octanol–water partition coefficient (Wildman–Crippen LogP) is 5.13. The minimum Gasteiger partial charge on any atom is -0.490 e. The van der Waals surface area contributed by atoms with Crippen LogP contribution in [0.15, 0.2) is 48.6 Å². The third-order valence-corrected chi connectivity index (χ3v) is 2.78. The first kappa shape index (κ1) is 15.6. The Morgan fingerprint density at radius 2 is 1.74 bits per heavy atom. The van der Waals surface area contributed by atoms with Crippen LogP contribution < -0.4 is 4.74 Å². The van der Waals surface area contributed by atoms with Crippen molar-refractivity contribution in [3.63, 3.8) is 0 Å². The topological polar surface area (TPSA) is 9.23 Å². The molecule has 0 fully saturated rings. The summed E-state index contributed by atoms with van der Waals surface area (Å²) < 4.78 is 5.64. The van der Waals surface area contributed by atoms with E-state index in [0.717, 1.165) is 31.4 Å². The van der Waals surface area contributed by atoms with Crippen LogP contribution >= 0.6 is 0 Å². The Kier molecular flexibility index (Phi) is 8.54. The maximum absolute atomic E-state index is 5.64. The van der Waals surface area contributed by atoms with Gasteiger partial charge in [-0.15, -0.1) is 0 Å². The summed E-state index contributed by atoms with van der Waals surface area (Å²) in [6.07, 6.45) is 14.0. The van der Waals surface area contributed by atoms with E-state index in [1.807, 2.05) is 12.1 Å². The molecule has 1 radical (unpaired) electrons. The van der Waals surface area contributed by atoms with E-state index in [1.54, 1.807) is 0 Å². The van der Waals surface area contributed by atoms with Crippen molar-refractivity contribution < 1.29 is 4.74 Å².